The molecular formula is C24H44O3P6. The molecule has 0 fully saturated rings. The first kappa shape index (κ1) is 35.9. The van der Waals surface area contributed by atoms with Gasteiger partial charge in [0.15, 0.2) is 0 Å². The van der Waals surface area contributed by atoms with Gasteiger partial charge < -0.3 is 13.6 Å². The van der Waals surface area contributed by atoms with Crippen molar-refractivity contribution in [2.75, 3.05) is 0 Å². The van der Waals surface area contributed by atoms with E-state index >= 15 is 0 Å². The van der Waals surface area contributed by atoms with Crippen molar-refractivity contribution in [3.8, 4) is 11.8 Å². The molecule has 0 aromatic rings. The van der Waals surface area contributed by atoms with Crippen molar-refractivity contribution in [1.29, 1.82) is 0 Å². The molecule has 0 N–H and O–H groups in total. The minimum absolute atomic E-state index is 0.00886. The third kappa shape index (κ3) is 24.2. The molecule has 8 atom stereocenters. The Bertz CT molecular complexity index is 636. The number of hydrogen-bond acceptors (Lipinski definition) is 3. The van der Waals surface area contributed by atoms with Crippen LogP contribution in [0.1, 0.15) is 59.8 Å². The second-order valence-corrected chi connectivity index (χ2v) is 13.5. The van der Waals surface area contributed by atoms with Gasteiger partial charge >= 0.3 is 0 Å². The molecule has 9 heteroatoms. The summed E-state index contributed by atoms with van der Waals surface area (Å²) >= 11 is 0. The van der Waals surface area contributed by atoms with Crippen molar-refractivity contribution in [3.63, 3.8) is 0 Å². The normalized spacial score (nSPS) is 15.2. The Balaban J connectivity index is 0. The molecule has 0 heterocycles. The highest BCUT2D eigenvalue weighted by Gasteiger charge is 2.17. The summed E-state index contributed by atoms with van der Waals surface area (Å²) in [6, 6.07) is 0. The van der Waals surface area contributed by atoms with Crippen molar-refractivity contribution in [3.05, 3.63) is 60.8 Å². The zero-order valence-corrected chi connectivity index (χ0v) is 27.0. The van der Waals surface area contributed by atoms with Crippen molar-refractivity contribution < 1.29 is 13.6 Å². The van der Waals surface area contributed by atoms with E-state index in [1.165, 1.54) is 0 Å². The van der Waals surface area contributed by atoms with Crippen molar-refractivity contribution in [1.82, 2.24) is 0 Å². The Hall–Kier alpha value is 0.720. The Morgan fingerprint density at radius 3 is 2.12 bits per heavy atom. The average molecular weight is 566 g/mol. The fourth-order valence-corrected chi connectivity index (χ4v) is 4.83. The van der Waals surface area contributed by atoms with E-state index in [4.69, 9.17) is 13.6 Å². The van der Waals surface area contributed by atoms with Gasteiger partial charge in [-0.15, -0.1) is 11.8 Å². The molecule has 3 nitrogen and oxygen atoms in total. The molecule has 0 aliphatic rings. The summed E-state index contributed by atoms with van der Waals surface area (Å²) in [5, 5.41) is 0. The van der Waals surface area contributed by atoms with E-state index in [9.17, 15) is 0 Å². The van der Waals surface area contributed by atoms with Crippen molar-refractivity contribution in [2.45, 2.75) is 78.1 Å². The van der Waals surface area contributed by atoms with Gasteiger partial charge in [-0.1, -0.05) is 122 Å². The van der Waals surface area contributed by atoms with E-state index in [0.717, 1.165) is 25.7 Å². The Morgan fingerprint density at radius 2 is 1.58 bits per heavy atom. The van der Waals surface area contributed by atoms with Gasteiger partial charge in [0.1, 0.15) is 6.10 Å². The lowest BCUT2D eigenvalue weighted by Crippen LogP contribution is -2.24. The van der Waals surface area contributed by atoms with Crippen LogP contribution in [0.5, 0.6) is 0 Å². The molecule has 0 aliphatic carbocycles. The summed E-state index contributed by atoms with van der Waals surface area (Å²) < 4.78 is 17.3. The molecule has 0 spiro atoms. The third-order valence-electron chi connectivity index (χ3n) is 3.78. The highest BCUT2D eigenvalue weighted by atomic mass is 32.4. The maximum atomic E-state index is 5.87. The SMILES string of the molecule is CC.CCC#CCC(/C=C/C=C\C=C\C=C\C(OPP)C(C/C=C\CCC)OP)OP(P)P. The molecule has 8 unspecified atom stereocenters. The minimum Gasteiger partial charge on any atom is -0.359 e. The maximum Gasteiger partial charge on any atom is 0.107 e. The van der Waals surface area contributed by atoms with Crippen LogP contribution in [0.15, 0.2) is 60.8 Å². The zero-order valence-electron chi connectivity index (χ0n) is 20.5. The summed E-state index contributed by atoms with van der Waals surface area (Å²) in [6.07, 6.45) is 25.0. The molecule has 0 aliphatic heterocycles. The standard InChI is InChI=1S/C22H38O3P6.C2H6/c1-3-5-7-14-18-21(23-26)22(24-30-27)19-15-11-9-8-10-13-17-20(25-31(28)29)16-12-6-4-2;1-2/h7-11,13-15,17,19-22,30H,3-5,16,18,26-29H2,1-2H3;1-2H3/b10-8-,11-9+,14-7-,17-13+,19-15+;. The van der Waals surface area contributed by atoms with E-state index in [1.54, 1.807) is 0 Å². The summed E-state index contributed by atoms with van der Waals surface area (Å²) in [5.41, 5.74) is 0. The molecule has 0 saturated carbocycles. The van der Waals surface area contributed by atoms with Crippen LogP contribution >= 0.6 is 52.3 Å². The number of rotatable bonds is 16. The van der Waals surface area contributed by atoms with Crippen LogP contribution in [0.3, 0.4) is 0 Å². The van der Waals surface area contributed by atoms with Crippen LogP contribution in [-0.4, -0.2) is 18.3 Å². The first-order valence-corrected chi connectivity index (χ1v) is 19.0. The average Bonchev–Trinajstić information content (AvgIpc) is 2.81. The molecule has 0 radical (unpaired) electrons. The quantitative estimate of drug-likeness (QED) is 0.0808. The third-order valence-corrected chi connectivity index (χ3v) is 6.19. The van der Waals surface area contributed by atoms with Gasteiger partial charge in [0.05, 0.1) is 19.7 Å². The molecule has 0 aromatic heterocycles. The highest BCUT2D eigenvalue weighted by molar-refractivity contribution is 8.41. The molecule has 0 bridgehead atoms. The van der Waals surface area contributed by atoms with Gasteiger partial charge in [0.2, 0.25) is 0 Å². The molecule has 0 aromatic carbocycles. The number of allylic oxidation sites excluding steroid dienone is 7. The van der Waals surface area contributed by atoms with Gasteiger partial charge in [-0.25, -0.2) is 0 Å². The maximum absolute atomic E-state index is 5.87. The fourth-order valence-electron chi connectivity index (χ4n) is 2.31. The summed E-state index contributed by atoms with van der Waals surface area (Å²) in [4.78, 5) is 0. The molecule has 188 valence electrons. The summed E-state index contributed by atoms with van der Waals surface area (Å²) in [5.74, 6) is 6.24. The molecule has 33 heavy (non-hydrogen) atoms. The predicted octanol–water partition coefficient (Wildman–Crippen LogP) is 9.09. The van der Waals surface area contributed by atoms with E-state index in [2.05, 4.69) is 74.1 Å². The Kier molecular flexibility index (Phi) is 31.5. The van der Waals surface area contributed by atoms with Gasteiger partial charge in [0.25, 0.3) is 0 Å². The lowest BCUT2D eigenvalue weighted by molar-refractivity contribution is 0.116. The molecular weight excluding hydrogens is 522 g/mol. The van der Waals surface area contributed by atoms with Crippen LogP contribution in [0, 0.1) is 11.8 Å². The zero-order chi connectivity index (χ0) is 25.2. The molecule has 0 rings (SSSR count). The fraction of sp³-hybridized carbons (Fsp3) is 0.500. The monoisotopic (exact) mass is 566 g/mol. The summed E-state index contributed by atoms with van der Waals surface area (Å²) in [7, 11) is 10.1. The largest absolute Gasteiger partial charge is 0.359 e. The van der Waals surface area contributed by atoms with Crippen LogP contribution in [-0.2, 0) is 13.6 Å². The first-order chi connectivity index (χ1) is 16.1. The molecule has 0 saturated heterocycles. The smallest absolute Gasteiger partial charge is 0.107 e. The van der Waals surface area contributed by atoms with Gasteiger partial charge in [0, 0.05) is 30.8 Å². The van der Waals surface area contributed by atoms with Gasteiger partial charge in [-0.2, -0.15) is 0 Å². The van der Waals surface area contributed by atoms with Crippen LogP contribution in [0.2, 0.25) is 0 Å². The number of unbranched alkanes of at least 4 members (excludes halogenated alkanes) is 1. The van der Waals surface area contributed by atoms with E-state index in [0.29, 0.717) is 14.9 Å². The van der Waals surface area contributed by atoms with E-state index in [1.807, 2.05) is 62.5 Å². The lowest BCUT2D eigenvalue weighted by atomic mass is 10.1. The minimum atomic E-state index is -0.578. The van der Waals surface area contributed by atoms with Crippen molar-refractivity contribution in [2.24, 2.45) is 0 Å². The lowest BCUT2D eigenvalue weighted by Gasteiger charge is -2.21. The highest BCUT2D eigenvalue weighted by Crippen LogP contribution is 2.54. The second kappa shape index (κ2) is 29.0. The molecule has 0 amide bonds. The van der Waals surface area contributed by atoms with E-state index in [-0.39, 0.29) is 18.3 Å². The first-order valence-electron chi connectivity index (χ1n) is 11.3. The topological polar surface area (TPSA) is 27.7 Å². The Morgan fingerprint density at radius 1 is 0.939 bits per heavy atom. The van der Waals surface area contributed by atoms with E-state index < -0.39 is 7.53 Å². The van der Waals surface area contributed by atoms with Crippen molar-refractivity contribution >= 4 is 52.3 Å². The van der Waals surface area contributed by atoms with Crippen LogP contribution < -0.4 is 0 Å². The predicted molar refractivity (Wildman–Crippen MR) is 168 cm³/mol. The van der Waals surface area contributed by atoms with Gasteiger partial charge in [-0.3, -0.25) is 0 Å². The Labute approximate surface area is 216 Å². The second-order valence-electron chi connectivity index (χ2n) is 6.33. The van der Waals surface area contributed by atoms with Crippen LogP contribution in [0.25, 0.3) is 0 Å². The number of hydrogen-bond donors (Lipinski definition) is 0. The van der Waals surface area contributed by atoms with Gasteiger partial charge in [-0.05, 0) is 12.8 Å². The van der Waals surface area contributed by atoms with Crippen LogP contribution in [0.4, 0.5) is 0 Å². The summed E-state index contributed by atoms with van der Waals surface area (Å²) in [6.45, 7) is 8.23.